The highest BCUT2D eigenvalue weighted by molar-refractivity contribution is 5.63. The third-order valence-corrected chi connectivity index (χ3v) is 4.83. The smallest absolute Gasteiger partial charge is 0.247 e. The fourth-order valence-electron chi connectivity index (χ4n) is 2.77. The third-order valence-electron chi connectivity index (χ3n) is 4.83. The number of aryl methyl sites for hydroxylation is 1. The summed E-state index contributed by atoms with van der Waals surface area (Å²) < 4.78 is 61.5. The predicted octanol–water partition coefficient (Wildman–Crippen LogP) is 6.79. The largest absolute Gasteiger partial charge is 0.494 e. The first-order valence-electron chi connectivity index (χ1n) is 9.75. The number of H-pyrrole nitrogens is 1. The molecule has 0 unspecified atom stereocenters. The van der Waals surface area contributed by atoms with Gasteiger partial charge in [0.05, 0.1) is 7.11 Å². The maximum atomic E-state index is 14.5. The SMILES string of the molecule is C=C(/C=C\C(=C)C(=C)/C(F)=C(/F)C(=C)OC)CCc1ccc(-c2ccc(=O)[nH]c2)c(F)c1F. The van der Waals surface area contributed by atoms with Crippen molar-refractivity contribution in [3.63, 3.8) is 0 Å². The second-order valence-electron chi connectivity index (χ2n) is 7.09. The highest BCUT2D eigenvalue weighted by Gasteiger charge is 2.16. The van der Waals surface area contributed by atoms with Crippen LogP contribution in [0.5, 0.6) is 0 Å². The summed E-state index contributed by atoms with van der Waals surface area (Å²) in [5.41, 5.74) is 0.497. The minimum atomic E-state index is -1.28. The normalized spacial score (nSPS) is 11.8. The lowest BCUT2D eigenvalue weighted by molar-refractivity contribution is 0.281. The van der Waals surface area contributed by atoms with E-state index in [4.69, 9.17) is 0 Å². The number of hydrogen-bond acceptors (Lipinski definition) is 2. The molecule has 0 fully saturated rings. The molecule has 2 rings (SSSR count). The molecule has 0 radical (unpaired) electrons. The lowest BCUT2D eigenvalue weighted by Crippen LogP contribution is -2.03. The first-order valence-corrected chi connectivity index (χ1v) is 9.75. The van der Waals surface area contributed by atoms with E-state index in [0.29, 0.717) is 11.1 Å². The second kappa shape index (κ2) is 11.1. The van der Waals surface area contributed by atoms with Crippen molar-refractivity contribution >= 4 is 0 Å². The fraction of sp³-hybridized carbons (Fsp3) is 0.115. The van der Waals surface area contributed by atoms with Crippen molar-refractivity contribution in [2.24, 2.45) is 0 Å². The number of nitrogens with one attached hydrogen (secondary N) is 1. The number of ether oxygens (including phenoxy) is 1. The van der Waals surface area contributed by atoms with Gasteiger partial charge in [-0.25, -0.2) is 13.2 Å². The van der Waals surface area contributed by atoms with Crippen molar-refractivity contribution < 1.29 is 22.3 Å². The van der Waals surface area contributed by atoms with Crippen molar-refractivity contribution in [2.45, 2.75) is 12.8 Å². The van der Waals surface area contributed by atoms with Crippen molar-refractivity contribution in [3.05, 3.63) is 131 Å². The van der Waals surface area contributed by atoms with Crippen LogP contribution >= 0.6 is 0 Å². The van der Waals surface area contributed by atoms with Gasteiger partial charge < -0.3 is 9.72 Å². The molecule has 2 aromatic rings. The molecule has 0 aliphatic carbocycles. The van der Waals surface area contributed by atoms with E-state index in [1.807, 2.05) is 0 Å². The number of halogens is 4. The molecular formula is C26H23F4NO2. The van der Waals surface area contributed by atoms with Gasteiger partial charge in [0.25, 0.3) is 0 Å². The Morgan fingerprint density at radius 3 is 2.30 bits per heavy atom. The molecule has 1 aromatic heterocycles. The zero-order chi connectivity index (χ0) is 24.7. The number of pyridine rings is 1. The summed E-state index contributed by atoms with van der Waals surface area (Å²) >= 11 is 0. The number of aromatic nitrogens is 1. The number of rotatable bonds is 10. The predicted molar refractivity (Wildman–Crippen MR) is 123 cm³/mol. The van der Waals surface area contributed by atoms with Gasteiger partial charge in [-0.15, -0.1) is 0 Å². The summed E-state index contributed by atoms with van der Waals surface area (Å²) in [4.78, 5) is 13.6. The Morgan fingerprint density at radius 2 is 1.70 bits per heavy atom. The molecule has 0 aliphatic rings. The average molecular weight is 457 g/mol. The summed E-state index contributed by atoms with van der Waals surface area (Å²) in [5.74, 6) is -5.02. The van der Waals surface area contributed by atoms with E-state index in [9.17, 15) is 22.4 Å². The maximum Gasteiger partial charge on any atom is 0.247 e. The van der Waals surface area contributed by atoms with Crippen LogP contribution < -0.4 is 5.56 Å². The first-order chi connectivity index (χ1) is 15.6. The van der Waals surface area contributed by atoms with Crippen molar-refractivity contribution in [1.82, 2.24) is 4.98 Å². The van der Waals surface area contributed by atoms with Crippen LogP contribution in [0.1, 0.15) is 12.0 Å². The molecule has 3 nitrogen and oxygen atoms in total. The van der Waals surface area contributed by atoms with E-state index in [1.165, 1.54) is 42.6 Å². The third kappa shape index (κ3) is 6.32. The molecule has 1 heterocycles. The van der Waals surface area contributed by atoms with E-state index in [-0.39, 0.29) is 40.7 Å². The molecule has 0 aliphatic heterocycles. The van der Waals surface area contributed by atoms with Gasteiger partial charge in [0.15, 0.2) is 17.5 Å². The van der Waals surface area contributed by atoms with Crippen molar-refractivity contribution in [1.29, 1.82) is 0 Å². The molecule has 1 aromatic carbocycles. The molecule has 172 valence electrons. The highest BCUT2D eigenvalue weighted by atomic mass is 19.2. The lowest BCUT2D eigenvalue weighted by Gasteiger charge is -2.09. The second-order valence-corrected chi connectivity index (χ2v) is 7.09. The number of hydrogen-bond donors (Lipinski definition) is 1. The quantitative estimate of drug-likeness (QED) is 0.243. The Hall–Kier alpha value is -3.87. The van der Waals surface area contributed by atoms with Gasteiger partial charge in [0.1, 0.15) is 5.76 Å². The standard InChI is InChI=1S/C26H23F4NO2/c1-15(6-8-16(2)17(3)23(27)24(28)18(4)33-5)7-9-19-10-12-21(26(30)25(19)29)20-11-13-22(32)31-14-20/h6,8,10-14H,1-4,7,9H2,5H3,(H,31,32)/b8-6-,24-23-. The number of benzene rings is 1. The van der Waals surface area contributed by atoms with Crippen LogP contribution in [0, 0.1) is 11.6 Å². The topological polar surface area (TPSA) is 42.1 Å². The summed E-state index contributed by atoms with van der Waals surface area (Å²) in [6.07, 6.45) is 4.64. The maximum absolute atomic E-state index is 14.5. The molecule has 0 spiro atoms. The number of allylic oxidation sites excluding steroid dienone is 7. The fourth-order valence-corrected chi connectivity index (χ4v) is 2.77. The van der Waals surface area contributed by atoms with E-state index in [1.54, 1.807) is 0 Å². The lowest BCUT2D eigenvalue weighted by atomic mass is 9.99. The van der Waals surface area contributed by atoms with Crippen LogP contribution in [0.4, 0.5) is 17.6 Å². The molecule has 0 atom stereocenters. The zero-order valence-electron chi connectivity index (χ0n) is 18.1. The van der Waals surface area contributed by atoms with Gasteiger partial charge in [-0.05, 0) is 30.0 Å². The van der Waals surface area contributed by atoms with Gasteiger partial charge >= 0.3 is 0 Å². The van der Waals surface area contributed by atoms with E-state index >= 15 is 0 Å². The molecular weight excluding hydrogens is 434 g/mol. The molecule has 0 saturated heterocycles. The number of methoxy groups -OCH3 is 1. The van der Waals surface area contributed by atoms with Gasteiger partial charge in [0, 0.05) is 29.0 Å². The minimum absolute atomic E-state index is 0.0273. The van der Waals surface area contributed by atoms with Crippen molar-refractivity contribution in [2.75, 3.05) is 7.11 Å². The molecule has 1 N–H and O–H groups in total. The Bertz CT molecular complexity index is 1210. The average Bonchev–Trinajstić information content (AvgIpc) is 2.82. The molecule has 0 saturated carbocycles. The molecule has 7 heteroatoms. The van der Waals surface area contributed by atoms with E-state index < -0.39 is 29.0 Å². The first kappa shape index (κ1) is 25.4. The molecule has 0 bridgehead atoms. The Kier molecular flexibility index (Phi) is 8.56. The van der Waals surface area contributed by atoms with Crippen LogP contribution in [0.25, 0.3) is 11.1 Å². The Labute approximate surface area is 189 Å². The molecule has 33 heavy (non-hydrogen) atoms. The van der Waals surface area contributed by atoms with Crippen LogP contribution in [0.3, 0.4) is 0 Å². The van der Waals surface area contributed by atoms with Crippen LogP contribution in [-0.2, 0) is 11.2 Å². The summed E-state index contributed by atoms with van der Waals surface area (Å²) in [6, 6.07) is 5.52. The van der Waals surface area contributed by atoms with Gasteiger partial charge in [-0.1, -0.05) is 56.2 Å². The molecule has 0 amide bonds. The summed E-state index contributed by atoms with van der Waals surface area (Å²) in [7, 11) is 1.16. The van der Waals surface area contributed by atoms with Crippen molar-refractivity contribution in [3.8, 4) is 11.1 Å². The van der Waals surface area contributed by atoms with E-state index in [0.717, 1.165) is 7.11 Å². The summed E-state index contributed by atoms with van der Waals surface area (Å²) in [6.45, 7) is 14.2. The van der Waals surface area contributed by atoms with Crippen LogP contribution in [0.2, 0.25) is 0 Å². The highest BCUT2D eigenvalue weighted by Crippen LogP contribution is 2.28. The number of aromatic amines is 1. The van der Waals surface area contributed by atoms with E-state index in [2.05, 4.69) is 36.0 Å². The minimum Gasteiger partial charge on any atom is -0.494 e. The van der Waals surface area contributed by atoms with Gasteiger partial charge in [-0.3, -0.25) is 4.79 Å². The summed E-state index contributed by atoms with van der Waals surface area (Å²) in [5, 5.41) is 0. The van der Waals surface area contributed by atoms with Crippen LogP contribution in [0.15, 0.2) is 108 Å². The van der Waals surface area contributed by atoms with Gasteiger partial charge in [0.2, 0.25) is 11.4 Å². The Balaban J connectivity index is 2.05. The van der Waals surface area contributed by atoms with Gasteiger partial charge in [-0.2, -0.15) is 4.39 Å². The monoisotopic (exact) mass is 457 g/mol. The Morgan fingerprint density at radius 1 is 1.00 bits per heavy atom. The van der Waals surface area contributed by atoms with Crippen LogP contribution in [-0.4, -0.2) is 12.1 Å². The zero-order valence-corrected chi connectivity index (χ0v) is 18.1.